The Morgan fingerprint density at radius 3 is 1.68 bits per heavy atom. The quantitative estimate of drug-likeness (QED) is 0.139. The number of benzene rings is 4. The first-order valence-electron chi connectivity index (χ1n) is 11.4. The van der Waals surface area contributed by atoms with Crippen LogP contribution < -0.4 is 9.47 Å². The second kappa shape index (κ2) is 9.67. The lowest BCUT2D eigenvalue weighted by Crippen LogP contribution is -2.28. The normalized spacial score (nSPS) is 12.9. The lowest BCUT2D eigenvalue weighted by molar-refractivity contribution is 0.318. The summed E-state index contributed by atoms with van der Waals surface area (Å²) < 4.78 is 11.5. The molecule has 0 spiro atoms. The molecule has 4 aromatic rings. The summed E-state index contributed by atoms with van der Waals surface area (Å²) in [4.78, 5) is 0. The van der Waals surface area contributed by atoms with Gasteiger partial charge in [0, 0.05) is 5.88 Å². The molecular weight excluding hydrogens is 440 g/mol. The van der Waals surface area contributed by atoms with E-state index in [0.717, 1.165) is 17.9 Å². The number of rotatable bonds is 8. The molecule has 0 atom stereocenters. The molecule has 0 saturated carbocycles. The number of terminal acetylenes is 1. The summed E-state index contributed by atoms with van der Waals surface area (Å²) in [5.74, 6) is 4.73. The lowest BCUT2D eigenvalue weighted by atomic mass is 9.68. The van der Waals surface area contributed by atoms with E-state index in [1.807, 2.05) is 12.1 Å². The van der Waals surface area contributed by atoms with Crippen molar-refractivity contribution in [3.05, 3.63) is 119 Å². The summed E-state index contributed by atoms with van der Waals surface area (Å²) >= 11 is 5.80. The predicted octanol–water partition coefficient (Wildman–Crippen LogP) is 7.07. The highest BCUT2D eigenvalue weighted by molar-refractivity contribution is 6.17. The summed E-state index contributed by atoms with van der Waals surface area (Å²) in [6.07, 6.45) is 6.19. The van der Waals surface area contributed by atoms with Gasteiger partial charge in [0.2, 0.25) is 0 Å². The fourth-order valence-electron chi connectivity index (χ4n) is 5.00. The molecule has 2 nitrogen and oxygen atoms in total. The van der Waals surface area contributed by atoms with Gasteiger partial charge in [-0.05, 0) is 64.1 Å². The number of hydrogen-bond donors (Lipinski definition) is 0. The van der Waals surface area contributed by atoms with Gasteiger partial charge in [0.1, 0.15) is 18.1 Å². The molecule has 1 aliphatic carbocycles. The predicted molar refractivity (Wildman–Crippen MR) is 139 cm³/mol. The highest BCUT2D eigenvalue weighted by atomic mass is 35.5. The van der Waals surface area contributed by atoms with E-state index in [1.54, 1.807) is 0 Å². The second-order valence-electron chi connectivity index (χ2n) is 8.27. The maximum absolute atomic E-state index is 5.88. The molecule has 0 N–H and O–H groups in total. The number of fused-ring (bicyclic) bond motifs is 3. The van der Waals surface area contributed by atoms with Crippen molar-refractivity contribution in [1.29, 1.82) is 0 Å². The monoisotopic (exact) mass is 464 g/mol. The van der Waals surface area contributed by atoms with Crippen molar-refractivity contribution in [3.63, 3.8) is 0 Å². The van der Waals surface area contributed by atoms with E-state index in [4.69, 9.17) is 27.5 Å². The Hall–Kier alpha value is -3.67. The third kappa shape index (κ3) is 3.73. The number of alkyl halides is 1. The standard InChI is InChI=1S/C31H25ClO2/c1-2-21-33-25-16-12-23(13-17-25)31(24-14-18-26(19-15-24)34-22-7-20-32)29-10-5-3-8-27(29)28-9-4-6-11-30(28)31/h1,3-6,8-19H,7,20-22H2. The molecule has 3 heteroatoms. The van der Waals surface area contributed by atoms with E-state index in [1.165, 1.54) is 33.4 Å². The Kier molecular flexibility index (Phi) is 6.30. The molecule has 1 aliphatic rings. The van der Waals surface area contributed by atoms with Crippen LogP contribution >= 0.6 is 11.6 Å². The minimum Gasteiger partial charge on any atom is -0.494 e. The van der Waals surface area contributed by atoms with Crippen LogP contribution in [0, 0.1) is 12.3 Å². The van der Waals surface area contributed by atoms with E-state index in [9.17, 15) is 0 Å². The smallest absolute Gasteiger partial charge is 0.148 e. The first-order valence-corrected chi connectivity index (χ1v) is 12.0. The van der Waals surface area contributed by atoms with Crippen LogP contribution in [0.3, 0.4) is 0 Å². The largest absolute Gasteiger partial charge is 0.494 e. The summed E-state index contributed by atoms with van der Waals surface area (Å²) in [5.41, 5.74) is 6.96. The van der Waals surface area contributed by atoms with Crippen molar-refractivity contribution >= 4 is 11.6 Å². The summed E-state index contributed by atoms with van der Waals surface area (Å²) in [6, 6.07) is 34.1. The molecule has 34 heavy (non-hydrogen) atoms. The van der Waals surface area contributed by atoms with Gasteiger partial charge in [-0.25, -0.2) is 0 Å². The summed E-state index contributed by atoms with van der Waals surface area (Å²) in [5, 5.41) is 0. The van der Waals surface area contributed by atoms with E-state index in [2.05, 4.69) is 90.8 Å². The van der Waals surface area contributed by atoms with Gasteiger partial charge in [0.05, 0.1) is 12.0 Å². The fraction of sp³-hybridized carbons (Fsp3) is 0.161. The van der Waals surface area contributed by atoms with Gasteiger partial charge in [0.15, 0.2) is 0 Å². The van der Waals surface area contributed by atoms with Gasteiger partial charge in [-0.15, -0.1) is 18.0 Å². The number of hydrogen-bond acceptors (Lipinski definition) is 2. The van der Waals surface area contributed by atoms with E-state index >= 15 is 0 Å². The molecule has 4 aromatic carbocycles. The SMILES string of the molecule is C#CCOc1ccc(C2(c3ccc(OCCCCl)cc3)c3ccccc3-c3ccccc32)cc1. The van der Waals surface area contributed by atoms with Gasteiger partial charge < -0.3 is 9.47 Å². The Bertz CT molecular complexity index is 1270. The van der Waals surface area contributed by atoms with Crippen molar-refractivity contribution in [3.8, 4) is 35.0 Å². The minimum absolute atomic E-state index is 0.251. The summed E-state index contributed by atoms with van der Waals surface area (Å²) in [6.45, 7) is 0.861. The Morgan fingerprint density at radius 1 is 0.676 bits per heavy atom. The highest BCUT2D eigenvalue weighted by Gasteiger charge is 2.45. The highest BCUT2D eigenvalue weighted by Crippen LogP contribution is 2.56. The van der Waals surface area contributed by atoms with Crippen LogP contribution in [0.25, 0.3) is 11.1 Å². The topological polar surface area (TPSA) is 18.5 Å². The maximum Gasteiger partial charge on any atom is 0.148 e. The van der Waals surface area contributed by atoms with E-state index in [0.29, 0.717) is 12.5 Å². The van der Waals surface area contributed by atoms with Crippen LogP contribution in [-0.4, -0.2) is 19.1 Å². The zero-order valence-electron chi connectivity index (χ0n) is 18.8. The third-order valence-corrected chi connectivity index (χ3v) is 6.66. The van der Waals surface area contributed by atoms with Crippen molar-refractivity contribution in [2.75, 3.05) is 19.1 Å². The fourth-order valence-corrected chi connectivity index (χ4v) is 5.10. The second-order valence-corrected chi connectivity index (χ2v) is 8.65. The van der Waals surface area contributed by atoms with Crippen LogP contribution in [-0.2, 0) is 5.41 Å². The van der Waals surface area contributed by atoms with Crippen molar-refractivity contribution in [1.82, 2.24) is 0 Å². The van der Waals surface area contributed by atoms with Crippen LogP contribution in [0.2, 0.25) is 0 Å². The van der Waals surface area contributed by atoms with Gasteiger partial charge in [-0.3, -0.25) is 0 Å². The molecule has 0 unspecified atom stereocenters. The molecule has 0 aromatic heterocycles. The molecule has 0 amide bonds. The molecule has 0 saturated heterocycles. The zero-order valence-corrected chi connectivity index (χ0v) is 19.6. The first-order chi connectivity index (χ1) is 16.8. The van der Waals surface area contributed by atoms with Crippen LogP contribution in [0.5, 0.6) is 11.5 Å². The number of halogens is 1. The van der Waals surface area contributed by atoms with Gasteiger partial charge in [-0.1, -0.05) is 78.7 Å². The third-order valence-electron chi connectivity index (χ3n) is 6.40. The molecule has 0 bridgehead atoms. The van der Waals surface area contributed by atoms with Crippen molar-refractivity contribution in [2.24, 2.45) is 0 Å². The Labute approximate surface area is 206 Å². The lowest BCUT2D eigenvalue weighted by Gasteiger charge is -2.34. The molecule has 5 rings (SSSR count). The van der Waals surface area contributed by atoms with Crippen molar-refractivity contribution < 1.29 is 9.47 Å². The molecular formula is C31H25ClO2. The molecule has 0 heterocycles. The average Bonchev–Trinajstić information content (AvgIpc) is 3.20. The van der Waals surface area contributed by atoms with Crippen LogP contribution in [0.1, 0.15) is 28.7 Å². The number of ether oxygens (including phenoxy) is 2. The molecule has 0 fully saturated rings. The van der Waals surface area contributed by atoms with Crippen LogP contribution in [0.4, 0.5) is 0 Å². The minimum atomic E-state index is -0.452. The molecule has 0 radical (unpaired) electrons. The van der Waals surface area contributed by atoms with Crippen molar-refractivity contribution in [2.45, 2.75) is 11.8 Å². The van der Waals surface area contributed by atoms with E-state index in [-0.39, 0.29) is 6.61 Å². The average molecular weight is 465 g/mol. The molecule has 168 valence electrons. The summed E-state index contributed by atoms with van der Waals surface area (Å²) in [7, 11) is 0. The van der Waals surface area contributed by atoms with Gasteiger partial charge in [0.25, 0.3) is 0 Å². The first kappa shape index (κ1) is 22.1. The van der Waals surface area contributed by atoms with Gasteiger partial charge in [-0.2, -0.15) is 0 Å². The zero-order chi connectivity index (χ0) is 23.4. The Morgan fingerprint density at radius 2 is 1.18 bits per heavy atom. The Balaban J connectivity index is 1.69. The molecule has 0 aliphatic heterocycles. The van der Waals surface area contributed by atoms with Gasteiger partial charge >= 0.3 is 0 Å². The van der Waals surface area contributed by atoms with Crippen LogP contribution in [0.15, 0.2) is 97.1 Å². The van der Waals surface area contributed by atoms with E-state index < -0.39 is 5.41 Å². The maximum atomic E-state index is 5.88.